The first-order chi connectivity index (χ1) is 14.7. The summed E-state index contributed by atoms with van der Waals surface area (Å²) in [4.78, 5) is 17.3. The first kappa shape index (κ1) is 17.6. The topological polar surface area (TPSA) is 104 Å². The molecule has 30 heavy (non-hydrogen) atoms. The summed E-state index contributed by atoms with van der Waals surface area (Å²) in [5.74, 6) is 1.26. The van der Waals surface area contributed by atoms with Crippen LogP contribution in [0.25, 0.3) is 33.7 Å². The van der Waals surface area contributed by atoms with E-state index in [1.54, 1.807) is 6.26 Å². The van der Waals surface area contributed by atoms with Crippen molar-refractivity contribution in [3.8, 4) is 11.5 Å². The van der Waals surface area contributed by atoms with Crippen LogP contribution >= 0.6 is 0 Å². The highest BCUT2D eigenvalue weighted by atomic mass is 16.5. The molecule has 4 aromatic rings. The molecule has 1 unspecified atom stereocenters. The smallest absolute Gasteiger partial charge is 0.181 e. The van der Waals surface area contributed by atoms with Gasteiger partial charge in [0.05, 0.1) is 17.2 Å². The number of imidazole rings is 1. The highest BCUT2D eigenvalue weighted by Crippen LogP contribution is 2.35. The van der Waals surface area contributed by atoms with Crippen molar-refractivity contribution in [2.75, 3.05) is 19.7 Å². The number of rotatable bonds is 3. The molecule has 6 rings (SSSR count). The summed E-state index contributed by atoms with van der Waals surface area (Å²) in [6.07, 6.45) is 9.89. The molecule has 0 saturated carbocycles. The Labute approximate surface area is 173 Å². The fourth-order valence-electron chi connectivity index (χ4n) is 4.62. The minimum Gasteiger partial charge on any atom is -0.500 e. The van der Waals surface area contributed by atoms with E-state index in [4.69, 9.17) is 9.72 Å². The van der Waals surface area contributed by atoms with Crippen LogP contribution in [-0.4, -0.2) is 49.8 Å². The molecule has 0 aromatic carbocycles. The zero-order valence-electron chi connectivity index (χ0n) is 16.8. The minimum atomic E-state index is -0.204. The molecule has 0 aliphatic carbocycles. The Morgan fingerprint density at radius 3 is 2.90 bits per heavy atom. The van der Waals surface area contributed by atoms with E-state index in [9.17, 15) is 0 Å². The molecule has 3 N–H and O–H groups in total. The van der Waals surface area contributed by atoms with Crippen molar-refractivity contribution in [3.05, 3.63) is 48.0 Å². The third-order valence-corrected chi connectivity index (χ3v) is 6.40. The van der Waals surface area contributed by atoms with Crippen LogP contribution in [0.2, 0.25) is 0 Å². The molecule has 0 spiro atoms. The van der Waals surface area contributed by atoms with Gasteiger partial charge in [-0.05, 0) is 68.1 Å². The Balaban J connectivity index is 1.46. The highest BCUT2D eigenvalue weighted by molar-refractivity contribution is 5.91. The summed E-state index contributed by atoms with van der Waals surface area (Å²) in [5, 5.41) is 12.0. The molecular formula is C22H23N7O. The molecule has 0 bridgehead atoms. The van der Waals surface area contributed by atoms with Crippen LogP contribution in [0.4, 0.5) is 0 Å². The minimum absolute atomic E-state index is 0.204. The van der Waals surface area contributed by atoms with Crippen molar-refractivity contribution in [1.82, 2.24) is 35.5 Å². The first-order valence-electron chi connectivity index (χ1n) is 10.4. The Morgan fingerprint density at radius 2 is 2.07 bits per heavy atom. The van der Waals surface area contributed by atoms with E-state index in [1.165, 1.54) is 5.56 Å². The fourth-order valence-corrected chi connectivity index (χ4v) is 4.62. The van der Waals surface area contributed by atoms with E-state index in [0.717, 1.165) is 53.9 Å². The van der Waals surface area contributed by atoms with Gasteiger partial charge in [-0.2, -0.15) is 5.10 Å². The third kappa shape index (κ3) is 2.71. The average Bonchev–Trinajstić information content (AvgIpc) is 3.51. The van der Waals surface area contributed by atoms with Crippen molar-refractivity contribution >= 4 is 22.2 Å². The zero-order valence-corrected chi connectivity index (χ0v) is 16.8. The number of hydrogen-bond acceptors (Lipinski definition) is 6. The van der Waals surface area contributed by atoms with Crippen molar-refractivity contribution in [2.45, 2.75) is 31.1 Å². The maximum absolute atomic E-state index is 5.51. The maximum atomic E-state index is 5.51. The normalized spacial score (nSPS) is 22.2. The zero-order chi connectivity index (χ0) is 20.1. The summed E-state index contributed by atoms with van der Waals surface area (Å²) in [6.45, 7) is 4.87. The summed E-state index contributed by atoms with van der Waals surface area (Å²) in [5.41, 5.74) is 5.35. The van der Waals surface area contributed by atoms with Gasteiger partial charge in [0.25, 0.3) is 0 Å². The van der Waals surface area contributed by atoms with Crippen LogP contribution in [0.3, 0.4) is 0 Å². The number of piperidine rings is 1. The number of nitrogens with one attached hydrogen (secondary N) is 3. The maximum Gasteiger partial charge on any atom is 0.181 e. The second kappa shape index (κ2) is 6.63. The molecule has 1 saturated heterocycles. The van der Waals surface area contributed by atoms with E-state index in [0.29, 0.717) is 23.8 Å². The molecular weight excluding hydrogens is 378 g/mol. The van der Waals surface area contributed by atoms with Gasteiger partial charge >= 0.3 is 0 Å². The molecule has 0 radical (unpaired) electrons. The lowest BCUT2D eigenvalue weighted by molar-refractivity contribution is 0.238. The summed E-state index contributed by atoms with van der Waals surface area (Å²) < 4.78 is 5.51. The highest BCUT2D eigenvalue weighted by Gasteiger charge is 2.31. The van der Waals surface area contributed by atoms with Crippen LogP contribution in [-0.2, 0) is 10.2 Å². The van der Waals surface area contributed by atoms with E-state index < -0.39 is 0 Å². The molecule has 1 atom stereocenters. The van der Waals surface area contributed by atoms with Crippen LogP contribution < -0.4 is 5.32 Å². The predicted molar refractivity (Wildman–Crippen MR) is 114 cm³/mol. The molecule has 4 aromatic heterocycles. The standard InChI is InChI=1S/C22H23N7O/c1-22(5-9-30-12-22)16-4-8-24-20-18(16)26-21(27-20)17-15-10-14(11-25-19(15)29-28-17)13-2-6-23-7-3-13/h4-5,8-11,13,23H,2-3,6-7,12H2,1H3,(H,24,26,27)(H,25,28,29). The molecule has 152 valence electrons. The second-order valence-corrected chi connectivity index (χ2v) is 8.44. The Hall–Kier alpha value is -3.26. The van der Waals surface area contributed by atoms with Gasteiger partial charge < -0.3 is 15.0 Å². The summed E-state index contributed by atoms with van der Waals surface area (Å²) >= 11 is 0. The van der Waals surface area contributed by atoms with Gasteiger partial charge in [0.2, 0.25) is 0 Å². The monoisotopic (exact) mass is 401 g/mol. The van der Waals surface area contributed by atoms with Crippen molar-refractivity contribution in [1.29, 1.82) is 0 Å². The number of H-pyrrole nitrogens is 2. The quantitative estimate of drug-likeness (QED) is 0.487. The lowest BCUT2D eigenvalue weighted by Crippen LogP contribution is -2.26. The average molecular weight is 401 g/mol. The fraction of sp³-hybridized carbons (Fsp3) is 0.364. The van der Waals surface area contributed by atoms with E-state index in [-0.39, 0.29) is 5.41 Å². The number of aromatic nitrogens is 6. The van der Waals surface area contributed by atoms with Crippen LogP contribution in [0, 0.1) is 0 Å². The van der Waals surface area contributed by atoms with Crippen LogP contribution in [0.1, 0.15) is 36.8 Å². The molecule has 8 nitrogen and oxygen atoms in total. The largest absolute Gasteiger partial charge is 0.500 e. The first-order valence-corrected chi connectivity index (χ1v) is 10.4. The predicted octanol–water partition coefficient (Wildman–Crippen LogP) is 3.16. The van der Waals surface area contributed by atoms with Gasteiger partial charge in [-0.1, -0.05) is 0 Å². The molecule has 2 aliphatic heterocycles. The number of ether oxygens (including phenoxy) is 1. The van der Waals surface area contributed by atoms with E-state index >= 15 is 0 Å². The molecule has 2 aliphatic rings. The van der Waals surface area contributed by atoms with Crippen LogP contribution in [0.15, 0.2) is 36.9 Å². The Morgan fingerprint density at radius 1 is 1.17 bits per heavy atom. The number of nitrogens with zero attached hydrogens (tertiary/aromatic N) is 4. The molecule has 1 fully saturated rings. The third-order valence-electron chi connectivity index (χ3n) is 6.40. The second-order valence-electron chi connectivity index (χ2n) is 8.44. The van der Waals surface area contributed by atoms with E-state index in [1.807, 2.05) is 18.5 Å². The van der Waals surface area contributed by atoms with Gasteiger partial charge in [-0.25, -0.2) is 15.0 Å². The number of aromatic amines is 2. The number of hydrogen-bond donors (Lipinski definition) is 3. The van der Waals surface area contributed by atoms with E-state index in [2.05, 4.69) is 49.5 Å². The molecule has 0 amide bonds. The van der Waals surface area contributed by atoms with Crippen molar-refractivity contribution < 1.29 is 4.74 Å². The summed E-state index contributed by atoms with van der Waals surface area (Å²) in [6, 6.07) is 4.25. The van der Waals surface area contributed by atoms with Gasteiger partial charge in [0.15, 0.2) is 17.1 Å². The van der Waals surface area contributed by atoms with Gasteiger partial charge in [-0.15, -0.1) is 0 Å². The van der Waals surface area contributed by atoms with Crippen molar-refractivity contribution in [3.63, 3.8) is 0 Å². The van der Waals surface area contributed by atoms with Crippen molar-refractivity contribution in [2.24, 2.45) is 0 Å². The lowest BCUT2D eigenvalue weighted by Gasteiger charge is -2.22. The van der Waals surface area contributed by atoms with Gasteiger partial charge in [-0.3, -0.25) is 5.10 Å². The van der Waals surface area contributed by atoms with Gasteiger partial charge in [0, 0.05) is 17.8 Å². The van der Waals surface area contributed by atoms with Crippen LogP contribution in [0.5, 0.6) is 0 Å². The molecule has 8 heteroatoms. The van der Waals surface area contributed by atoms with Gasteiger partial charge in [0.1, 0.15) is 12.3 Å². The Bertz CT molecular complexity index is 1270. The SMILES string of the molecule is CC1(c2ccnc3nc(-c4[nH]nc5ncc(C6CCNCC6)cc45)[nH]c23)C=COC1. The number of pyridine rings is 2. The lowest BCUT2D eigenvalue weighted by atomic mass is 9.84. The molecule has 6 heterocycles. The summed E-state index contributed by atoms with van der Waals surface area (Å²) in [7, 11) is 0. The number of fused-ring (bicyclic) bond motifs is 2. The Kier molecular flexibility index (Phi) is 3.89.